The standard InChI is InChI=1S/C12H26N4O3S/c1-2-3-6-11(13)12(17)16-7-4-5-10(9-16)8-15-20(14,18)19/h10-11,15H,2-9,13H2,1H3,(H2,14,18,19)/t10?,11-/m0/s1. The smallest absolute Gasteiger partial charge is 0.274 e. The molecule has 0 aromatic carbocycles. The number of carbonyl (C=O) groups excluding carboxylic acids is 1. The second-order valence-corrected chi connectivity index (χ2v) is 6.81. The molecular weight excluding hydrogens is 280 g/mol. The van der Waals surface area contributed by atoms with Crippen LogP contribution in [0.1, 0.15) is 39.0 Å². The van der Waals surface area contributed by atoms with Crippen LogP contribution >= 0.6 is 0 Å². The normalized spacial score (nSPS) is 21.8. The van der Waals surface area contributed by atoms with E-state index in [-0.39, 0.29) is 18.4 Å². The van der Waals surface area contributed by atoms with Gasteiger partial charge >= 0.3 is 0 Å². The third kappa shape index (κ3) is 6.17. The van der Waals surface area contributed by atoms with Gasteiger partial charge in [0.15, 0.2) is 0 Å². The lowest BCUT2D eigenvalue weighted by Gasteiger charge is -2.34. The molecule has 118 valence electrons. The van der Waals surface area contributed by atoms with Gasteiger partial charge in [0, 0.05) is 19.6 Å². The van der Waals surface area contributed by atoms with Gasteiger partial charge in [0.05, 0.1) is 6.04 Å². The molecule has 7 nitrogen and oxygen atoms in total. The van der Waals surface area contributed by atoms with Crippen molar-refractivity contribution < 1.29 is 13.2 Å². The van der Waals surface area contributed by atoms with Crippen molar-refractivity contribution in [3.8, 4) is 0 Å². The molecule has 0 aromatic heterocycles. The fourth-order valence-electron chi connectivity index (χ4n) is 2.45. The van der Waals surface area contributed by atoms with Crippen LogP contribution in [0.15, 0.2) is 0 Å². The number of unbranched alkanes of at least 4 members (excludes halogenated alkanes) is 1. The molecule has 1 heterocycles. The summed E-state index contributed by atoms with van der Waals surface area (Å²) >= 11 is 0. The summed E-state index contributed by atoms with van der Waals surface area (Å²) in [6, 6.07) is -0.445. The van der Waals surface area contributed by atoms with Gasteiger partial charge in [0.1, 0.15) is 0 Å². The lowest BCUT2D eigenvalue weighted by atomic mass is 9.97. The van der Waals surface area contributed by atoms with Crippen molar-refractivity contribution in [1.82, 2.24) is 9.62 Å². The maximum absolute atomic E-state index is 12.2. The Bertz CT molecular complexity index is 413. The molecule has 5 N–H and O–H groups in total. The van der Waals surface area contributed by atoms with Crippen molar-refractivity contribution in [2.45, 2.75) is 45.1 Å². The summed E-state index contributed by atoms with van der Waals surface area (Å²) < 4.78 is 24.1. The maximum atomic E-state index is 12.2. The predicted molar refractivity (Wildman–Crippen MR) is 77.9 cm³/mol. The first-order chi connectivity index (χ1) is 9.33. The van der Waals surface area contributed by atoms with Gasteiger partial charge in [-0.1, -0.05) is 19.8 Å². The summed E-state index contributed by atoms with van der Waals surface area (Å²) in [7, 11) is -3.67. The van der Waals surface area contributed by atoms with Crippen molar-refractivity contribution in [1.29, 1.82) is 0 Å². The van der Waals surface area contributed by atoms with Crippen LogP contribution in [0.4, 0.5) is 0 Å². The Morgan fingerprint density at radius 3 is 2.80 bits per heavy atom. The number of piperidine rings is 1. The molecule has 1 aliphatic rings. The Balaban J connectivity index is 2.45. The molecule has 2 atom stereocenters. The monoisotopic (exact) mass is 306 g/mol. The van der Waals surface area contributed by atoms with E-state index in [2.05, 4.69) is 11.6 Å². The first-order valence-electron chi connectivity index (χ1n) is 7.15. The van der Waals surface area contributed by atoms with Gasteiger partial charge in [0.25, 0.3) is 10.2 Å². The minimum absolute atomic E-state index is 0.0289. The van der Waals surface area contributed by atoms with E-state index in [1.807, 2.05) is 0 Å². The van der Waals surface area contributed by atoms with E-state index in [1.165, 1.54) is 0 Å². The van der Waals surface area contributed by atoms with Crippen LogP contribution in [-0.2, 0) is 15.0 Å². The average molecular weight is 306 g/mol. The molecule has 1 fully saturated rings. The van der Waals surface area contributed by atoms with Gasteiger partial charge in [-0.25, -0.2) is 9.86 Å². The number of hydrogen-bond acceptors (Lipinski definition) is 4. The highest BCUT2D eigenvalue weighted by Gasteiger charge is 2.27. The average Bonchev–Trinajstić information content (AvgIpc) is 2.41. The van der Waals surface area contributed by atoms with E-state index in [0.717, 1.165) is 25.7 Å². The molecular formula is C12H26N4O3S. The van der Waals surface area contributed by atoms with Crippen molar-refractivity contribution in [2.24, 2.45) is 16.8 Å². The van der Waals surface area contributed by atoms with Gasteiger partial charge in [-0.3, -0.25) is 4.79 Å². The van der Waals surface area contributed by atoms with Crippen LogP contribution in [0.25, 0.3) is 0 Å². The summed E-state index contributed by atoms with van der Waals surface area (Å²) in [5, 5.41) is 4.91. The van der Waals surface area contributed by atoms with Gasteiger partial charge in [-0.05, 0) is 25.2 Å². The van der Waals surface area contributed by atoms with Gasteiger partial charge in [0.2, 0.25) is 5.91 Å². The molecule has 0 bridgehead atoms. The number of likely N-dealkylation sites (tertiary alicyclic amines) is 1. The number of carbonyl (C=O) groups is 1. The zero-order valence-corrected chi connectivity index (χ0v) is 12.9. The number of nitrogens with two attached hydrogens (primary N) is 2. The number of nitrogens with one attached hydrogen (secondary N) is 1. The molecule has 1 aliphatic heterocycles. The molecule has 0 radical (unpaired) electrons. The summed E-state index contributed by atoms with van der Waals surface area (Å²) in [5.41, 5.74) is 5.90. The molecule has 0 aliphatic carbocycles. The Hall–Kier alpha value is -0.700. The van der Waals surface area contributed by atoms with E-state index >= 15 is 0 Å². The van der Waals surface area contributed by atoms with Crippen molar-refractivity contribution in [3.05, 3.63) is 0 Å². The number of nitrogens with zero attached hydrogens (tertiary/aromatic N) is 1. The Morgan fingerprint density at radius 2 is 2.20 bits per heavy atom. The molecule has 0 spiro atoms. The quantitative estimate of drug-likeness (QED) is 0.589. The minimum atomic E-state index is -3.67. The topological polar surface area (TPSA) is 119 Å². The second-order valence-electron chi connectivity index (χ2n) is 5.43. The lowest BCUT2D eigenvalue weighted by molar-refractivity contribution is -0.134. The van der Waals surface area contributed by atoms with Gasteiger partial charge in [-0.15, -0.1) is 0 Å². The largest absolute Gasteiger partial charge is 0.341 e. The minimum Gasteiger partial charge on any atom is -0.341 e. The molecule has 8 heteroatoms. The Kier molecular flexibility index (Phi) is 6.87. The summed E-state index contributed by atoms with van der Waals surface area (Å²) in [6.07, 6.45) is 4.41. The molecule has 0 aromatic rings. The van der Waals surface area contributed by atoms with Crippen LogP contribution < -0.4 is 15.6 Å². The maximum Gasteiger partial charge on any atom is 0.274 e. The zero-order chi connectivity index (χ0) is 15.2. The number of hydrogen-bond donors (Lipinski definition) is 3. The van der Waals surface area contributed by atoms with Crippen LogP contribution in [0, 0.1) is 5.92 Å². The van der Waals surface area contributed by atoms with Crippen molar-refractivity contribution in [2.75, 3.05) is 19.6 Å². The summed E-state index contributed by atoms with van der Waals surface area (Å²) in [5.74, 6) is 0.0724. The molecule has 1 unspecified atom stereocenters. The fraction of sp³-hybridized carbons (Fsp3) is 0.917. The van der Waals surface area contributed by atoms with Crippen LogP contribution in [0.3, 0.4) is 0 Å². The highest BCUT2D eigenvalue weighted by atomic mass is 32.2. The molecule has 1 rings (SSSR count). The molecule has 0 saturated carbocycles. The highest BCUT2D eigenvalue weighted by molar-refractivity contribution is 7.87. The van der Waals surface area contributed by atoms with E-state index < -0.39 is 16.3 Å². The Morgan fingerprint density at radius 1 is 1.50 bits per heavy atom. The van der Waals surface area contributed by atoms with E-state index in [9.17, 15) is 13.2 Å². The SMILES string of the molecule is CCCC[C@H](N)C(=O)N1CCCC(CNS(N)(=O)=O)C1. The zero-order valence-electron chi connectivity index (χ0n) is 12.0. The third-order valence-electron chi connectivity index (χ3n) is 3.59. The first kappa shape index (κ1) is 17.4. The van der Waals surface area contributed by atoms with E-state index in [1.54, 1.807) is 4.90 Å². The predicted octanol–water partition coefficient (Wildman–Crippen LogP) is -0.464. The highest BCUT2D eigenvalue weighted by Crippen LogP contribution is 2.17. The second kappa shape index (κ2) is 7.92. The van der Waals surface area contributed by atoms with Crippen LogP contribution in [-0.4, -0.2) is 44.9 Å². The van der Waals surface area contributed by atoms with Crippen LogP contribution in [0.2, 0.25) is 0 Å². The first-order valence-corrected chi connectivity index (χ1v) is 8.70. The number of rotatable bonds is 7. The fourth-order valence-corrected chi connectivity index (χ4v) is 2.92. The number of amides is 1. The van der Waals surface area contributed by atoms with E-state index in [4.69, 9.17) is 10.9 Å². The summed E-state index contributed by atoms with van der Waals surface area (Å²) in [6.45, 7) is 3.57. The molecule has 20 heavy (non-hydrogen) atoms. The van der Waals surface area contributed by atoms with Gasteiger partial charge < -0.3 is 10.6 Å². The van der Waals surface area contributed by atoms with Crippen molar-refractivity contribution >= 4 is 16.1 Å². The lowest BCUT2D eigenvalue weighted by Crippen LogP contribution is -2.50. The Labute approximate surface area is 121 Å². The third-order valence-corrected chi connectivity index (χ3v) is 4.16. The van der Waals surface area contributed by atoms with Crippen LogP contribution in [0.5, 0.6) is 0 Å². The van der Waals surface area contributed by atoms with Gasteiger partial charge in [-0.2, -0.15) is 8.42 Å². The summed E-state index contributed by atoms with van der Waals surface area (Å²) in [4.78, 5) is 13.9. The molecule has 1 saturated heterocycles. The van der Waals surface area contributed by atoms with Crippen molar-refractivity contribution in [3.63, 3.8) is 0 Å². The van der Waals surface area contributed by atoms with E-state index in [0.29, 0.717) is 19.5 Å². The molecule has 1 amide bonds.